The number of halogens is 5. The van der Waals surface area contributed by atoms with Crippen LogP contribution in [-0.4, -0.2) is 74.9 Å². The minimum atomic E-state index is -4.21. The van der Waals surface area contributed by atoms with Crippen LogP contribution in [0.15, 0.2) is 17.1 Å². The number of guanidine groups is 1. The van der Waals surface area contributed by atoms with Crippen LogP contribution in [0.5, 0.6) is 11.5 Å². The number of rotatable bonds is 6. The second-order valence-corrected chi connectivity index (χ2v) is 7.09. The predicted octanol–water partition coefficient (Wildman–Crippen LogP) is 4.01. The molecule has 0 amide bonds. The Kier molecular flexibility index (Phi) is 10.8. The molecule has 1 aromatic carbocycles. The summed E-state index contributed by atoms with van der Waals surface area (Å²) in [4.78, 5) is 7.66. The molecule has 11 heteroatoms. The lowest BCUT2D eigenvalue weighted by Crippen LogP contribution is -2.56. The highest BCUT2D eigenvalue weighted by Gasteiger charge is 2.41. The molecule has 2 rings (SSSR count). The number of hydrogen-bond donors (Lipinski definition) is 1. The monoisotopic (exact) mass is 564 g/mol. The van der Waals surface area contributed by atoms with Gasteiger partial charge in [0.2, 0.25) is 0 Å². The van der Waals surface area contributed by atoms with Gasteiger partial charge in [-0.15, -0.1) is 24.0 Å². The van der Waals surface area contributed by atoms with Crippen molar-refractivity contribution in [1.29, 1.82) is 0 Å². The van der Waals surface area contributed by atoms with E-state index in [1.807, 2.05) is 17.9 Å². The first kappa shape index (κ1) is 26.9. The Balaban J connectivity index is 0.00000450. The van der Waals surface area contributed by atoms with Crippen molar-refractivity contribution in [2.75, 3.05) is 46.9 Å². The van der Waals surface area contributed by atoms with Gasteiger partial charge in [-0.3, -0.25) is 9.89 Å². The fourth-order valence-electron chi connectivity index (χ4n) is 3.20. The fourth-order valence-corrected chi connectivity index (χ4v) is 3.49. The molecule has 1 aliphatic rings. The van der Waals surface area contributed by atoms with Crippen LogP contribution in [0, 0.1) is 0 Å². The smallest absolute Gasteiger partial charge is 0.403 e. The van der Waals surface area contributed by atoms with E-state index >= 15 is 0 Å². The molecule has 0 spiro atoms. The summed E-state index contributed by atoms with van der Waals surface area (Å²) in [5.74, 6) is 1.67. The van der Waals surface area contributed by atoms with Crippen LogP contribution in [0.2, 0.25) is 5.02 Å². The maximum atomic E-state index is 12.9. The van der Waals surface area contributed by atoms with Crippen LogP contribution in [0.4, 0.5) is 13.2 Å². The number of ether oxygens (including phenoxy) is 2. The van der Waals surface area contributed by atoms with Crippen molar-refractivity contribution in [3.05, 3.63) is 22.7 Å². The minimum Gasteiger partial charge on any atom is -0.493 e. The summed E-state index contributed by atoms with van der Waals surface area (Å²) in [6.07, 6.45) is -4.21. The Labute approximate surface area is 197 Å². The zero-order chi connectivity index (χ0) is 21.6. The van der Waals surface area contributed by atoms with E-state index in [9.17, 15) is 13.2 Å². The summed E-state index contributed by atoms with van der Waals surface area (Å²) in [6, 6.07) is 2.18. The number of hydrogen-bond acceptors (Lipinski definition) is 4. The lowest BCUT2D eigenvalue weighted by molar-refractivity contribution is -0.181. The van der Waals surface area contributed by atoms with E-state index in [2.05, 4.69) is 10.3 Å². The topological polar surface area (TPSA) is 49.3 Å². The molecule has 1 saturated heterocycles. The molecule has 0 saturated carbocycles. The fraction of sp³-hybridized carbons (Fsp3) is 0.632. The number of nitrogens with one attached hydrogen (secondary N) is 1. The van der Waals surface area contributed by atoms with E-state index in [-0.39, 0.29) is 24.0 Å². The second kappa shape index (κ2) is 12.0. The number of nitrogens with zero attached hydrogens (tertiary/aromatic N) is 3. The third-order valence-electron chi connectivity index (χ3n) is 4.88. The molecule has 172 valence electrons. The number of methoxy groups -OCH3 is 1. The van der Waals surface area contributed by atoms with Crippen molar-refractivity contribution < 1.29 is 22.6 Å². The first-order valence-electron chi connectivity index (χ1n) is 9.46. The third-order valence-corrected chi connectivity index (χ3v) is 5.16. The molecular weight excluding hydrogens is 536 g/mol. The summed E-state index contributed by atoms with van der Waals surface area (Å²) >= 11 is 6.30. The van der Waals surface area contributed by atoms with Gasteiger partial charge in [0, 0.05) is 39.8 Å². The van der Waals surface area contributed by atoms with Crippen LogP contribution < -0.4 is 14.8 Å². The Bertz CT molecular complexity index is 714. The highest BCUT2D eigenvalue weighted by Crippen LogP contribution is 2.36. The van der Waals surface area contributed by atoms with Gasteiger partial charge in [-0.25, -0.2) is 0 Å². The van der Waals surface area contributed by atoms with Crippen molar-refractivity contribution >= 4 is 41.5 Å². The van der Waals surface area contributed by atoms with Crippen molar-refractivity contribution in [2.24, 2.45) is 4.99 Å². The van der Waals surface area contributed by atoms with E-state index in [1.54, 1.807) is 20.2 Å². The van der Waals surface area contributed by atoms with Gasteiger partial charge in [0.05, 0.1) is 18.7 Å². The number of benzene rings is 1. The maximum absolute atomic E-state index is 12.9. The van der Waals surface area contributed by atoms with Gasteiger partial charge in [-0.2, -0.15) is 13.2 Å². The molecular formula is C19H29ClF3IN4O2. The Morgan fingerprint density at radius 2 is 1.90 bits per heavy atom. The normalized spacial score (nSPS) is 16.7. The van der Waals surface area contributed by atoms with Gasteiger partial charge in [-0.1, -0.05) is 11.6 Å². The Morgan fingerprint density at radius 3 is 2.40 bits per heavy atom. The molecule has 1 heterocycles. The summed E-state index contributed by atoms with van der Waals surface area (Å²) in [5.41, 5.74) is 0.876. The molecule has 0 radical (unpaired) electrons. The SMILES string of the molecule is CCOc1c(Cl)cc(CNC(=NC)N2CCN(C(C)C(F)(F)F)CC2)cc1OC.I. The number of piperazine rings is 1. The molecule has 6 nitrogen and oxygen atoms in total. The first-order chi connectivity index (χ1) is 13.7. The lowest BCUT2D eigenvalue weighted by Gasteiger charge is -2.39. The van der Waals surface area contributed by atoms with Gasteiger partial charge in [0.15, 0.2) is 17.5 Å². The molecule has 0 aromatic heterocycles. The quantitative estimate of drug-likeness (QED) is 0.322. The number of aliphatic imine (C=N–C) groups is 1. The second-order valence-electron chi connectivity index (χ2n) is 6.68. The standard InChI is InChI=1S/C19H28ClF3N4O2.HI/c1-5-29-17-15(20)10-14(11-16(17)28-4)12-25-18(24-3)27-8-6-26(7-9-27)13(2)19(21,22)23;/h10-11,13H,5-9,12H2,1-4H3,(H,24,25);1H. The van der Waals surface area contributed by atoms with Crippen molar-refractivity contribution in [1.82, 2.24) is 15.1 Å². The van der Waals surface area contributed by atoms with Crippen molar-refractivity contribution in [2.45, 2.75) is 32.6 Å². The Morgan fingerprint density at radius 1 is 1.27 bits per heavy atom. The molecule has 1 N–H and O–H groups in total. The zero-order valence-electron chi connectivity index (χ0n) is 17.6. The largest absolute Gasteiger partial charge is 0.493 e. The van der Waals surface area contributed by atoms with Crippen LogP contribution in [-0.2, 0) is 6.54 Å². The maximum Gasteiger partial charge on any atom is 0.403 e. The van der Waals surface area contributed by atoms with Crippen LogP contribution >= 0.6 is 35.6 Å². The van der Waals surface area contributed by atoms with Crippen LogP contribution in [0.1, 0.15) is 19.4 Å². The van der Waals surface area contributed by atoms with Crippen molar-refractivity contribution in [3.63, 3.8) is 0 Å². The average molecular weight is 565 g/mol. The van der Waals surface area contributed by atoms with Gasteiger partial charge in [0.1, 0.15) is 6.04 Å². The highest BCUT2D eigenvalue weighted by atomic mass is 127. The first-order valence-corrected chi connectivity index (χ1v) is 9.84. The molecule has 1 atom stereocenters. The average Bonchev–Trinajstić information content (AvgIpc) is 2.69. The van der Waals surface area contributed by atoms with E-state index in [1.165, 1.54) is 11.8 Å². The van der Waals surface area contributed by atoms with E-state index in [4.69, 9.17) is 21.1 Å². The summed E-state index contributed by atoms with van der Waals surface area (Å²) in [6.45, 7) is 5.55. The van der Waals surface area contributed by atoms with Gasteiger partial charge < -0.3 is 19.7 Å². The summed E-state index contributed by atoms with van der Waals surface area (Å²) < 4.78 is 49.6. The zero-order valence-corrected chi connectivity index (χ0v) is 20.6. The third kappa shape index (κ3) is 6.94. The molecule has 1 fully saturated rings. The number of alkyl halides is 3. The lowest BCUT2D eigenvalue weighted by atomic mass is 10.2. The van der Waals surface area contributed by atoms with E-state index < -0.39 is 12.2 Å². The minimum absolute atomic E-state index is 0. The van der Waals surface area contributed by atoms with E-state index in [0.29, 0.717) is 61.8 Å². The molecule has 30 heavy (non-hydrogen) atoms. The Hall–Kier alpha value is -1.14. The molecule has 1 aromatic rings. The molecule has 0 aliphatic carbocycles. The predicted molar refractivity (Wildman–Crippen MR) is 123 cm³/mol. The van der Waals surface area contributed by atoms with Gasteiger partial charge in [-0.05, 0) is 31.5 Å². The van der Waals surface area contributed by atoms with Gasteiger partial charge in [0.25, 0.3) is 0 Å². The molecule has 1 unspecified atom stereocenters. The molecule has 0 bridgehead atoms. The molecule has 1 aliphatic heterocycles. The highest BCUT2D eigenvalue weighted by molar-refractivity contribution is 14.0. The van der Waals surface area contributed by atoms with E-state index in [0.717, 1.165) is 5.56 Å². The van der Waals surface area contributed by atoms with Crippen LogP contribution in [0.25, 0.3) is 0 Å². The van der Waals surface area contributed by atoms with Crippen molar-refractivity contribution in [3.8, 4) is 11.5 Å². The van der Waals surface area contributed by atoms with Gasteiger partial charge >= 0.3 is 6.18 Å². The summed E-state index contributed by atoms with van der Waals surface area (Å²) in [5, 5.41) is 3.69. The summed E-state index contributed by atoms with van der Waals surface area (Å²) in [7, 11) is 3.20. The van der Waals surface area contributed by atoms with Crippen LogP contribution in [0.3, 0.4) is 0 Å².